The van der Waals surface area contributed by atoms with Crippen LogP contribution in [0.3, 0.4) is 0 Å². The van der Waals surface area contributed by atoms with E-state index in [1.165, 1.54) is 44.9 Å². The second kappa shape index (κ2) is 4.55. The van der Waals surface area contributed by atoms with E-state index in [1.807, 2.05) is 0 Å². The average molecular weight is 292 g/mol. The number of carbonyl (C=O) groups excluding carboxylic acids is 1. The highest BCUT2D eigenvalue weighted by Gasteiger charge is 2.62. The molecule has 0 spiro atoms. The van der Waals surface area contributed by atoms with Crippen molar-refractivity contribution in [1.29, 1.82) is 0 Å². The zero-order valence-electron chi connectivity index (χ0n) is 13.5. The van der Waals surface area contributed by atoms with E-state index in [1.54, 1.807) is 0 Å². The molecule has 4 aliphatic rings. The van der Waals surface area contributed by atoms with E-state index in [4.69, 9.17) is 0 Å². The molecular weight excluding hydrogens is 263 g/mol. The quantitative estimate of drug-likeness (QED) is 0.618. The van der Waals surface area contributed by atoms with Gasteiger partial charge < -0.3 is 0 Å². The highest BCUT2D eigenvalue weighted by Crippen LogP contribution is 2.66. The van der Waals surface area contributed by atoms with Crippen LogP contribution in [0.25, 0.3) is 0 Å². The van der Waals surface area contributed by atoms with Gasteiger partial charge in [0, 0.05) is 11.8 Å². The maximum atomic E-state index is 14.5. The molecule has 0 aromatic carbocycles. The molecule has 4 fully saturated rings. The first-order chi connectivity index (χ1) is 9.97. The van der Waals surface area contributed by atoms with Gasteiger partial charge in [0.2, 0.25) is 0 Å². The van der Waals surface area contributed by atoms with Crippen molar-refractivity contribution in [1.82, 2.24) is 0 Å². The third-order valence-corrected chi connectivity index (χ3v) is 8.30. The van der Waals surface area contributed by atoms with Crippen molar-refractivity contribution in [2.24, 2.45) is 34.5 Å². The monoisotopic (exact) mass is 292 g/mol. The van der Waals surface area contributed by atoms with Crippen molar-refractivity contribution >= 4 is 5.78 Å². The van der Waals surface area contributed by atoms with Gasteiger partial charge in [-0.1, -0.05) is 26.7 Å². The number of fused-ring (bicyclic) bond motifs is 5. The Hall–Kier alpha value is -0.400. The first-order valence-corrected chi connectivity index (χ1v) is 9.13. The zero-order valence-corrected chi connectivity index (χ0v) is 13.5. The minimum atomic E-state index is -1.18. The van der Waals surface area contributed by atoms with E-state index >= 15 is 0 Å². The molecule has 0 amide bonds. The van der Waals surface area contributed by atoms with Gasteiger partial charge in [0.25, 0.3) is 0 Å². The predicted octanol–water partition coefficient (Wildman–Crippen LogP) is 4.94. The van der Waals surface area contributed by atoms with E-state index in [-0.39, 0.29) is 11.2 Å². The fourth-order valence-corrected chi connectivity index (χ4v) is 7.03. The third-order valence-electron chi connectivity index (χ3n) is 8.30. The maximum absolute atomic E-state index is 14.5. The standard InChI is InChI=1S/C19H29FO/c1-18-9-4-3-5-12(18)6-7-13-14(18)8-10-19(2)15(13)11-16(21)17(19)20/h12-15,17H,3-11H2,1-2H3/t12-,13-,14+,15+,17-,18+,19+/m1/s1. The molecule has 4 rings (SSSR count). The van der Waals surface area contributed by atoms with E-state index in [0.29, 0.717) is 23.7 Å². The molecule has 4 saturated carbocycles. The van der Waals surface area contributed by atoms with Crippen molar-refractivity contribution in [2.45, 2.75) is 77.8 Å². The van der Waals surface area contributed by atoms with Crippen molar-refractivity contribution in [2.75, 3.05) is 0 Å². The largest absolute Gasteiger partial charge is 0.296 e. The molecule has 4 aliphatic carbocycles. The molecule has 2 heteroatoms. The van der Waals surface area contributed by atoms with E-state index < -0.39 is 6.17 Å². The van der Waals surface area contributed by atoms with Crippen molar-refractivity contribution in [3.05, 3.63) is 0 Å². The highest BCUT2D eigenvalue weighted by molar-refractivity contribution is 5.86. The van der Waals surface area contributed by atoms with Crippen molar-refractivity contribution in [3.63, 3.8) is 0 Å². The van der Waals surface area contributed by atoms with Crippen LogP contribution >= 0.6 is 0 Å². The van der Waals surface area contributed by atoms with E-state index in [2.05, 4.69) is 13.8 Å². The first kappa shape index (κ1) is 14.2. The van der Waals surface area contributed by atoms with Gasteiger partial charge in [-0.15, -0.1) is 0 Å². The fourth-order valence-electron chi connectivity index (χ4n) is 7.03. The summed E-state index contributed by atoms with van der Waals surface area (Å²) in [5.41, 5.74) is 0.149. The number of halogens is 1. The Morgan fingerprint density at radius 2 is 1.76 bits per heavy atom. The SMILES string of the molecule is C[C@]12CCCC[C@@H]1CC[C@@H]1[C@@H]2CC[C@]2(C)[C@H](F)C(=O)C[C@@H]12. The van der Waals surface area contributed by atoms with Crippen LogP contribution in [-0.2, 0) is 4.79 Å². The van der Waals surface area contributed by atoms with Crippen LogP contribution in [0.2, 0.25) is 0 Å². The molecule has 118 valence electrons. The van der Waals surface area contributed by atoms with Gasteiger partial charge in [-0.2, -0.15) is 0 Å². The molecule has 0 N–H and O–H groups in total. The van der Waals surface area contributed by atoms with Gasteiger partial charge in [-0.25, -0.2) is 4.39 Å². The normalized spacial score (nSPS) is 56.5. The lowest BCUT2D eigenvalue weighted by Gasteiger charge is -2.59. The number of hydrogen-bond acceptors (Lipinski definition) is 1. The first-order valence-electron chi connectivity index (χ1n) is 9.13. The maximum Gasteiger partial charge on any atom is 0.167 e. The molecule has 1 nitrogen and oxygen atoms in total. The van der Waals surface area contributed by atoms with Crippen molar-refractivity contribution < 1.29 is 9.18 Å². The number of rotatable bonds is 0. The molecule has 0 aromatic rings. The molecule has 0 saturated heterocycles. The summed E-state index contributed by atoms with van der Waals surface area (Å²) in [6.07, 6.45) is 9.60. The molecule has 0 heterocycles. The number of carbonyl (C=O) groups is 1. The number of ketones is 1. The topological polar surface area (TPSA) is 17.1 Å². The molecule has 0 bridgehead atoms. The van der Waals surface area contributed by atoms with Crippen LogP contribution in [0.4, 0.5) is 4.39 Å². The van der Waals surface area contributed by atoms with Crippen LogP contribution < -0.4 is 0 Å². The zero-order chi connectivity index (χ0) is 14.8. The van der Waals surface area contributed by atoms with Gasteiger partial charge in [0.05, 0.1) is 0 Å². The lowest BCUT2D eigenvalue weighted by atomic mass is 9.45. The molecule has 7 atom stereocenters. The second-order valence-electron chi connectivity index (χ2n) is 8.98. The Balaban J connectivity index is 1.67. The number of Topliss-reactive ketones (excluding diaryl/α,β-unsaturated/α-hetero) is 1. The van der Waals surface area contributed by atoms with E-state index in [0.717, 1.165) is 18.3 Å². The van der Waals surface area contributed by atoms with Crippen LogP contribution in [0.5, 0.6) is 0 Å². The molecule has 0 aromatic heterocycles. The third kappa shape index (κ3) is 1.77. The summed E-state index contributed by atoms with van der Waals surface area (Å²) in [5.74, 6) is 2.51. The fraction of sp³-hybridized carbons (Fsp3) is 0.947. The van der Waals surface area contributed by atoms with Crippen LogP contribution in [-0.4, -0.2) is 12.0 Å². The Bertz CT molecular complexity index is 460. The van der Waals surface area contributed by atoms with Gasteiger partial charge in [0.1, 0.15) is 0 Å². The second-order valence-corrected chi connectivity index (χ2v) is 8.98. The summed E-state index contributed by atoms with van der Waals surface area (Å²) in [6, 6.07) is 0. The molecule has 0 radical (unpaired) electrons. The lowest BCUT2D eigenvalue weighted by Crippen LogP contribution is -2.53. The minimum absolute atomic E-state index is 0.0981. The van der Waals surface area contributed by atoms with Gasteiger partial charge in [0.15, 0.2) is 12.0 Å². The highest BCUT2D eigenvalue weighted by atomic mass is 19.1. The Labute approximate surface area is 128 Å². The number of alkyl halides is 1. The summed E-state index contributed by atoms with van der Waals surface area (Å²) in [7, 11) is 0. The minimum Gasteiger partial charge on any atom is -0.296 e. The summed E-state index contributed by atoms with van der Waals surface area (Å²) < 4.78 is 14.5. The molecule has 0 unspecified atom stereocenters. The molecule has 21 heavy (non-hydrogen) atoms. The summed E-state index contributed by atoms with van der Waals surface area (Å²) >= 11 is 0. The number of hydrogen-bond donors (Lipinski definition) is 0. The van der Waals surface area contributed by atoms with Crippen LogP contribution in [0.1, 0.15) is 71.6 Å². The van der Waals surface area contributed by atoms with E-state index in [9.17, 15) is 9.18 Å². The Morgan fingerprint density at radius 3 is 2.57 bits per heavy atom. The lowest BCUT2D eigenvalue weighted by molar-refractivity contribution is -0.125. The summed E-state index contributed by atoms with van der Waals surface area (Å²) in [4.78, 5) is 12.0. The molecular formula is C19H29FO. The van der Waals surface area contributed by atoms with Gasteiger partial charge in [-0.05, 0) is 67.6 Å². The van der Waals surface area contributed by atoms with Crippen molar-refractivity contribution in [3.8, 4) is 0 Å². The molecule has 0 aliphatic heterocycles. The predicted molar refractivity (Wildman–Crippen MR) is 81.6 cm³/mol. The Morgan fingerprint density at radius 1 is 0.952 bits per heavy atom. The smallest absolute Gasteiger partial charge is 0.167 e. The van der Waals surface area contributed by atoms with Crippen LogP contribution in [0.15, 0.2) is 0 Å². The van der Waals surface area contributed by atoms with Crippen LogP contribution in [0, 0.1) is 34.5 Å². The van der Waals surface area contributed by atoms with Gasteiger partial charge in [-0.3, -0.25) is 4.79 Å². The van der Waals surface area contributed by atoms with Gasteiger partial charge >= 0.3 is 0 Å². The average Bonchev–Trinajstić information content (AvgIpc) is 2.70. The summed E-state index contributed by atoms with van der Waals surface area (Å²) in [5, 5.41) is 0. The summed E-state index contributed by atoms with van der Waals surface area (Å²) in [6.45, 7) is 4.60. The Kier molecular flexibility index (Phi) is 3.08.